The van der Waals surface area contributed by atoms with Crippen molar-refractivity contribution in [1.82, 2.24) is 5.32 Å². The molecule has 0 aromatic carbocycles. The highest BCUT2D eigenvalue weighted by molar-refractivity contribution is 5.80. The second-order valence-electron chi connectivity index (χ2n) is 4.00. The second kappa shape index (κ2) is 2.26. The third-order valence-corrected chi connectivity index (χ3v) is 1.90. The van der Waals surface area contributed by atoms with Gasteiger partial charge in [-0.25, -0.2) is 0 Å². The molecule has 0 bridgehead atoms. The lowest BCUT2D eigenvalue weighted by Crippen LogP contribution is -2.48. The van der Waals surface area contributed by atoms with Crippen molar-refractivity contribution in [3.8, 4) is 0 Å². The molecule has 1 aliphatic heterocycles. The zero-order chi connectivity index (χ0) is 7.78. The van der Waals surface area contributed by atoms with Crippen molar-refractivity contribution in [2.75, 3.05) is 0 Å². The Bertz CT molecular complexity index is 149. The molecule has 0 spiro atoms. The van der Waals surface area contributed by atoms with E-state index in [9.17, 15) is 0 Å². The van der Waals surface area contributed by atoms with Gasteiger partial charge in [0, 0.05) is 12.0 Å². The van der Waals surface area contributed by atoms with Gasteiger partial charge in [0.1, 0.15) is 0 Å². The molecular formula is C8H16N2. The largest absolute Gasteiger partial charge is 0.369 e. The average Bonchev–Trinajstić information content (AvgIpc) is 1.54. The molecule has 2 heteroatoms. The van der Waals surface area contributed by atoms with Crippen LogP contribution in [0.4, 0.5) is 0 Å². The molecule has 10 heavy (non-hydrogen) atoms. The molecule has 0 aliphatic carbocycles. The van der Waals surface area contributed by atoms with Crippen molar-refractivity contribution < 1.29 is 0 Å². The SMILES string of the molecule is CC1CC(=N)NC(C)(C)C1. The number of amidine groups is 1. The molecule has 2 nitrogen and oxygen atoms in total. The van der Waals surface area contributed by atoms with Gasteiger partial charge in [0.2, 0.25) is 0 Å². The summed E-state index contributed by atoms with van der Waals surface area (Å²) in [5, 5.41) is 10.6. The van der Waals surface area contributed by atoms with Crippen molar-refractivity contribution in [2.45, 2.75) is 39.2 Å². The van der Waals surface area contributed by atoms with Gasteiger partial charge >= 0.3 is 0 Å². The van der Waals surface area contributed by atoms with Crippen LogP contribution in [-0.2, 0) is 0 Å². The maximum absolute atomic E-state index is 7.46. The van der Waals surface area contributed by atoms with Gasteiger partial charge in [-0.05, 0) is 26.2 Å². The van der Waals surface area contributed by atoms with Crippen molar-refractivity contribution in [2.24, 2.45) is 5.92 Å². The minimum atomic E-state index is 0.148. The normalized spacial score (nSPS) is 31.5. The molecule has 0 amide bonds. The van der Waals surface area contributed by atoms with Crippen molar-refractivity contribution in [3.63, 3.8) is 0 Å². The van der Waals surface area contributed by atoms with Crippen LogP contribution in [0.1, 0.15) is 33.6 Å². The monoisotopic (exact) mass is 140 g/mol. The van der Waals surface area contributed by atoms with Crippen molar-refractivity contribution in [3.05, 3.63) is 0 Å². The van der Waals surface area contributed by atoms with Gasteiger partial charge in [0.15, 0.2) is 0 Å². The highest BCUT2D eigenvalue weighted by Crippen LogP contribution is 2.23. The number of nitrogens with one attached hydrogen (secondary N) is 2. The highest BCUT2D eigenvalue weighted by atomic mass is 15.0. The van der Waals surface area contributed by atoms with Gasteiger partial charge in [0.05, 0.1) is 5.84 Å². The van der Waals surface area contributed by atoms with Gasteiger partial charge in [-0.1, -0.05) is 6.92 Å². The first-order chi connectivity index (χ1) is 4.49. The number of piperidine rings is 1. The fraction of sp³-hybridized carbons (Fsp3) is 0.875. The van der Waals surface area contributed by atoms with Crippen LogP contribution in [0.5, 0.6) is 0 Å². The number of hydrogen-bond donors (Lipinski definition) is 2. The Labute approximate surface area is 62.5 Å². The van der Waals surface area contributed by atoms with E-state index in [1.54, 1.807) is 0 Å². The Hall–Kier alpha value is -0.530. The summed E-state index contributed by atoms with van der Waals surface area (Å²) in [6.07, 6.45) is 2.10. The maximum Gasteiger partial charge on any atom is 0.0938 e. The molecule has 0 aromatic heterocycles. The van der Waals surface area contributed by atoms with E-state index in [0.29, 0.717) is 11.8 Å². The second-order valence-corrected chi connectivity index (χ2v) is 4.00. The van der Waals surface area contributed by atoms with Crippen LogP contribution in [0.15, 0.2) is 0 Å². The van der Waals surface area contributed by atoms with Crippen LogP contribution >= 0.6 is 0 Å². The molecule has 58 valence electrons. The Morgan fingerprint density at radius 1 is 1.60 bits per heavy atom. The minimum absolute atomic E-state index is 0.148. The predicted octanol–water partition coefficient (Wildman–Crippen LogP) is 1.76. The molecule has 0 saturated carbocycles. The third-order valence-electron chi connectivity index (χ3n) is 1.90. The first kappa shape index (κ1) is 7.58. The predicted molar refractivity (Wildman–Crippen MR) is 43.3 cm³/mol. The average molecular weight is 140 g/mol. The fourth-order valence-corrected chi connectivity index (χ4v) is 1.80. The molecule has 2 N–H and O–H groups in total. The van der Waals surface area contributed by atoms with Gasteiger partial charge in [-0.15, -0.1) is 0 Å². The Morgan fingerprint density at radius 3 is 2.60 bits per heavy atom. The molecule has 1 unspecified atom stereocenters. The Balaban J connectivity index is 2.59. The lowest BCUT2D eigenvalue weighted by atomic mass is 9.85. The zero-order valence-corrected chi connectivity index (χ0v) is 6.99. The van der Waals surface area contributed by atoms with E-state index in [4.69, 9.17) is 5.41 Å². The van der Waals surface area contributed by atoms with E-state index in [-0.39, 0.29) is 5.54 Å². The lowest BCUT2D eigenvalue weighted by molar-refractivity contribution is 0.319. The molecule has 1 aliphatic rings. The third kappa shape index (κ3) is 1.72. The number of hydrogen-bond acceptors (Lipinski definition) is 1. The standard InChI is InChI=1S/C8H16N2/c1-6-4-7(9)10-8(2,3)5-6/h6H,4-5H2,1-3H3,(H2,9,10). The van der Waals surface area contributed by atoms with Crippen molar-refractivity contribution >= 4 is 5.84 Å². The first-order valence-electron chi connectivity index (χ1n) is 3.85. The van der Waals surface area contributed by atoms with Crippen LogP contribution in [0.3, 0.4) is 0 Å². The molecule has 1 saturated heterocycles. The van der Waals surface area contributed by atoms with Crippen LogP contribution < -0.4 is 5.32 Å². The molecule has 1 atom stereocenters. The summed E-state index contributed by atoms with van der Waals surface area (Å²) in [4.78, 5) is 0. The summed E-state index contributed by atoms with van der Waals surface area (Å²) in [7, 11) is 0. The zero-order valence-electron chi connectivity index (χ0n) is 6.99. The van der Waals surface area contributed by atoms with Crippen LogP contribution in [0.25, 0.3) is 0 Å². The Kier molecular flexibility index (Phi) is 1.71. The van der Waals surface area contributed by atoms with E-state index in [2.05, 4.69) is 26.1 Å². The summed E-state index contributed by atoms with van der Waals surface area (Å²) in [6, 6.07) is 0. The summed E-state index contributed by atoms with van der Waals surface area (Å²) >= 11 is 0. The summed E-state index contributed by atoms with van der Waals surface area (Å²) in [5.74, 6) is 1.37. The van der Waals surface area contributed by atoms with Crippen molar-refractivity contribution in [1.29, 1.82) is 5.41 Å². The van der Waals surface area contributed by atoms with E-state index in [1.807, 2.05) is 0 Å². The Morgan fingerprint density at radius 2 is 2.20 bits per heavy atom. The minimum Gasteiger partial charge on any atom is -0.369 e. The molecule has 0 aromatic rings. The highest BCUT2D eigenvalue weighted by Gasteiger charge is 2.27. The van der Waals surface area contributed by atoms with Crippen LogP contribution in [-0.4, -0.2) is 11.4 Å². The molecule has 1 fully saturated rings. The summed E-state index contributed by atoms with van der Waals surface area (Å²) in [6.45, 7) is 6.51. The smallest absolute Gasteiger partial charge is 0.0938 e. The molecule has 0 radical (unpaired) electrons. The molecule has 1 rings (SSSR count). The van der Waals surface area contributed by atoms with Gasteiger partial charge in [-0.3, -0.25) is 5.41 Å². The van der Waals surface area contributed by atoms with Crippen LogP contribution in [0.2, 0.25) is 0 Å². The lowest BCUT2D eigenvalue weighted by Gasteiger charge is -2.36. The topological polar surface area (TPSA) is 35.9 Å². The molecular weight excluding hydrogens is 124 g/mol. The maximum atomic E-state index is 7.46. The van der Waals surface area contributed by atoms with Gasteiger partial charge in [0.25, 0.3) is 0 Å². The van der Waals surface area contributed by atoms with Gasteiger partial charge in [-0.2, -0.15) is 0 Å². The van der Waals surface area contributed by atoms with E-state index in [1.165, 1.54) is 6.42 Å². The van der Waals surface area contributed by atoms with E-state index >= 15 is 0 Å². The van der Waals surface area contributed by atoms with E-state index < -0.39 is 0 Å². The number of rotatable bonds is 0. The molecule has 1 heterocycles. The van der Waals surface area contributed by atoms with Crippen LogP contribution in [0, 0.1) is 11.3 Å². The summed E-state index contributed by atoms with van der Waals surface area (Å²) < 4.78 is 0. The first-order valence-corrected chi connectivity index (χ1v) is 3.85. The summed E-state index contributed by atoms with van der Waals surface area (Å²) in [5.41, 5.74) is 0.148. The van der Waals surface area contributed by atoms with E-state index in [0.717, 1.165) is 6.42 Å². The van der Waals surface area contributed by atoms with Gasteiger partial charge < -0.3 is 5.32 Å². The fourth-order valence-electron chi connectivity index (χ4n) is 1.80. The quantitative estimate of drug-likeness (QED) is 0.528.